The van der Waals surface area contributed by atoms with Gasteiger partial charge in [0.25, 0.3) is 0 Å². The molecule has 0 spiro atoms. The predicted octanol–water partition coefficient (Wildman–Crippen LogP) is 3.06. The second-order valence-electron chi connectivity index (χ2n) is 4.90. The number of piperazine rings is 1. The van der Waals surface area contributed by atoms with E-state index in [1.165, 1.54) is 6.07 Å². The average Bonchev–Trinajstić information content (AvgIpc) is 2.30. The van der Waals surface area contributed by atoms with Gasteiger partial charge >= 0.3 is 6.18 Å². The summed E-state index contributed by atoms with van der Waals surface area (Å²) in [6.45, 7) is 4.81. The molecule has 1 aromatic rings. The van der Waals surface area contributed by atoms with E-state index in [1.807, 2.05) is 6.92 Å². The minimum absolute atomic E-state index is 0. The van der Waals surface area contributed by atoms with Crippen LogP contribution in [0.5, 0.6) is 0 Å². The molecule has 1 aliphatic rings. The van der Waals surface area contributed by atoms with Gasteiger partial charge in [0, 0.05) is 32.2 Å². The lowest BCUT2D eigenvalue weighted by molar-refractivity contribution is -0.140. The Bertz CT molecular complexity index is 450. The molecule has 0 amide bonds. The summed E-state index contributed by atoms with van der Waals surface area (Å²) in [5, 5.41) is 3.26. The number of halogens is 5. The topological polar surface area (TPSA) is 15.3 Å². The van der Waals surface area contributed by atoms with Crippen molar-refractivity contribution in [3.63, 3.8) is 0 Å². The molecule has 0 aliphatic carbocycles. The van der Waals surface area contributed by atoms with Crippen molar-refractivity contribution in [1.82, 2.24) is 10.2 Å². The Morgan fingerprint density at radius 1 is 1.35 bits per heavy atom. The van der Waals surface area contributed by atoms with Crippen molar-refractivity contribution in [2.24, 2.45) is 0 Å². The van der Waals surface area contributed by atoms with Crippen LogP contribution in [0.4, 0.5) is 17.6 Å². The first kappa shape index (κ1) is 17.2. The van der Waals surface area contributed by atoms with E-state index in [0.717, 1.165) is 31.8 Å². The van der Waals surface area contributed by atoms with Gasteiger partial charge in [-0.05, 0) is 24.6 Å². The number of alkyl halides is 3. The van der Waals surface area contributed by atoms with Gasteiger partial charge in [0.15, 0.2) is 0 Å². The Labute approximate surface area is 121 Å². The fourth-order valence-corrected chi connectivity index (χ4v) is 2.30. The molecule has 2 rings (SSSR count). The van der Waals surface area contributed by atoms with Gasteiger partial charge in [-0.15, -0.1) is 12.4 Å². The second kappa shape index (κ2) is 6.74. The van der Waals surface area contributed by atoms with E-state index in [4.69, 9.17) is 0 Å². The standard InChI is InChI=1S/C13H16F4N2.ClH/c1-9-7-19(5-4-18-9)8-10-2-3-12(14)11(6-10)13(15,16)17;/h2-3,6,9,18H,4-5,7-8H2,1H3;1H/t9-;/m1./s1. The summed E-state index contributed by atoms with van der Waals surface area (Å²) in [5.41, 5.74) is -0.698. The van der Waals surface area contributed by atoms with Crippen LogP contribution < -0.4 is 5.32 Å². The first-order valence-corrected chi connectivity index (χ1v) is 6.17. The quantitative estimate of drug-likeness (QED) is 0.844. The molecule has 1 fully saturated rings. The van der Waals surface area contributed by atoms with Crippen molar-refractivity contribution in [2.45, 2.75) is 25.7 Å². The number of nitrogens with one attached hydrogen (secondary N) is 1. The van der Waals surface area contributed by atoms with Crippen molar-refractivity contribution in [1.29, 1.82) is 0 Å². The summed E-state index contributed by atoms with van der Waals surface area (Å²) in [4.78, 5) is 2.06. The molecular formula is C13H17ClF4N2. The summed E-state index contributed by atoms with van der Waals surface area (Å²) in [6, 6.07) is 3.53. The van der Waals surface area contributed by atoms with Gasteiger partial charge < -0.3 is 5.32 Å². The van der Waals surface area contributed by atoms with Crippen molar-refractivity contribution in [2.75, 3.05) is 19.6 Å². The molecule has 1 aromatic carbocycles. The van der Waals surface area contributed by atoms with E-state index in [9.17, 15) is 17.6 Å². The maximum absolute atomic E-state index is 13.2. The molecule has 1 atom stereocenters. The fraction of sp³-hybridized carbons (Fsp3) is 0.538. The highest BCUT2D eigenvalue weighted by Crippen LogP contribution is 2.32. The van der Waals surface area contributed by atoms with E-state index < -0.39 is 17.6 Å². The van der Waals surface area contributed by atoms with Crippen LogP contribution in [-0.2, 0) is 12.7 Å². The Hall–Kier alpha value is -0.850. The van der Waals surface area contributed by atoms with Gasteiger partial charge in [0.1, 0.15) is 5.82 Å². The molecule has 7 heteroatoms. The Kier molecular flexibility index (Phi) is 5.79. The Morgan fingerprint density at radius 3 is 2.65 bits per heavy atom. The minimum atomic E-state index is -4.64. The highest BCUT2D eigenvalue weighted by atomic mass is 35.5. The van der Waals surface area contributed by atoms with Crippen molar-refractivity contribution < 1.29 is 17.6 Å². The lowest BCUT2D eigenvalue weighted by Crippen LogP contribution is -2.48. The molecule has 1 heterocycles. The number of rotatable bonds is 2. The molecule has 20 heavy (non-hydrogen) atoms. The van der Waals surface area contributed by atoms with Crippen LogP contribution in [0.3, 0.4) is 0 Å². The minimum Gasteiger partial charge on any atom is -0.312 e. The van der Waals surface area contributed by atoms with Crippen LogP contribution in [0.2, 0.25) is 0 Å². The maximum Gasteiger partial charge on any atom is 0.419 e. The summed E-state index contributed by atoms with van der Waals surface area (Å²) < 4.78 is 51.0. The first-order chi connectivity index (χ1) is 8.86. The van der Waals surface area contributed by atoms with Crippen molar-refractivity contribution >= 4 is 12.4 Å². The lowest BCUT2D eigenvalue weighted by Gasteiger charge is -2.31. The zero-order chi connectivity index (χ0) is 14.0. The normalized spacial score (nSPS) is 20.6. The van der Waals surface area contributed by atoms with Gasteiger partial charge in [0.2, 0.25) is 0 Å². The number of nitrogens with zero attached hydrogens (tertiary/aromatic N) is 1. The number of hydrogen-bond donors (Lipinski definition) is 1. The largest absolute Gasteiger partial charge is 0.419 e. The molecule has 0 bridgehead atoms. The Morgan fingerprint density at radius 2 is 2.05 bits per heavy atom. The van der Waals surface area contributed by atoms with E-state index in [1.54, 1.807) is 0 Å². The molecule has 1 saturated heterocycles. The highest BCUT2D eigenvalue weighted by Gasteiger charge is 2.34. The highest BCUT2D eigenvalue weighted by molar-refractivity contribution is 5.85. The third-order valence-electron chi connectivity index (χ3n) is 3.20. The van der Waals surface area contributed by atoms with Gasteiger partial charge in [0.05, 0.1) is 5.56 Å². The van der Waals surface area contributed by atoms with Crippen LogP contribution in [0, 0.1) is 5.82 Å². The van der Waals surface area contributed by atoms with E-state index >= 15 is 0 Å². The maximum atomic E-state index is 13.2. The van der Waals surface area contributed by atoms with Crippen LogP contribution in [0.25, 0.3) is 0 Å². The molecule has 1 N–H and O–H groups in total. The fourth-order valence-electron chi connectivity index (χ4n) is 2.30. The molecule has 0 aromatic heterocycles. The summed E-state index contributed by atoms with van der Waals surface area (Å²) >= 11 is 0. The van der Waals surface area contributed by atoms with Gasteiger partial charge in [-0.25, -0.2) is 4.39 Å². The van der Waals surface area contributed by atoms with E-state index in [0.29, 0.717) is 18.2 Å². The Balaban J connectivity index is 0.00000200. The van der Waals surface area contributed by atoms with Gasteiger partial charge in [-0.3, -0.25) is 4.90 Å². The molecule has 1 aliphatic heterocycles. The van der Waals surface area contributed by atoms with Crippen LogP contribution in [0.15, 0.2) is 18.2 Å². The van der Waals surface area contributed by atoms with Crippen LogP contribution in [0.1, 0.15) is 18.1 Å². The molecule has 0 radical (unpaired) electrons. The van der Waals surface area contributed by atoms with E-state index in [2.05, 4.69) is 10.2 Å². The molecular weight excluding hydrogens is 296 g/mol. The van der Waals surface area contributed by atoms with Gasteiger partial charge in [-0.2, -0.15) is 13.2 Å². The lowest BCUT2D eigenvalue weighted by atomic mass is 10.1. The molecule has 2 nitrogen and oxygen atoms in total. The first-order valence-electron chi connectivity index (χ1n) is 6.17. The second-order valence-corrected chi connectivity index (χ2v) is 4.90. The van der Waals surface area contributed by atoms with E-state index in [-0.39, 0.29) is 12.4 Å². The third-order valence-corrected chi connectivity index (χ3v) is 3.20. The van der Waals surface area contributed by atoms with Crippen molar-refractivity contribution in [3.05, 3.63) is 35.1 Å². The van der Waals surface area contributed by atoms with Crippen LogP contribution in [-0.4, -0.2) is 30.6 Å². The SMILES string of the molecule is C[C@@H]1CN(Cc2ccc(F)c(C(F)(F)F)c2)CCN1.Cl. The van der Waals surface area contributed by atoms with Crippen molar-refractivity contribution in [3.8, 4) is 0 Å². The predicted molar refractivity (Wildman–Crippen MR) is 71.4 cm³/mol. The zero-order valence-corrected chi connectivity index (χ0v) is 11.8. The number of benzene rings is 1. The summed E-state index contributed by atoms with van der Waals surface area (Å²) in [5.74, 6) is -1.22. The summed E-state index contributed by atoms with van der Waals surface area (Å²) in [7, 11) is 0. The monoisotopic (exact) mass is 312 g/mol. The molecule has 114 valence electrons. The average molecular weight is 313 g/mol. The smallest absolute Gasteiger partial charge is 0.312 e. The summed E-state index contributed by atoms with van der Waals surface area (Å²) in [6.07, 6.45) is -4.64. The number of hydrogen-bond acceptors (Lipinski definition) is 2. The van der Waals surface area contributed by atoms with Gasteiger partial charge in [-0.1, -0.05) is 6.07 Å². The molecule has 0 unspecified atom stereocenters. The van der Waals surface area contributed by atoms with Crippen LogP contribution >= 0.6 is 12.4 Å². The zero-order valence-electron chi connectivity index (χ0n) is 11.0. The molecule has 0 saturated carbocycles. The third kappa shape index (κ3) is 4.33.